The Kier molecular flexibility index (Phi) is 4.92. The summed E-state index contributed by atoms with van der Waals surface area (Å²) in [4.78, 5) is 4.75. The SMILES string of the molecule is CCC(C)CN1CCN(CC#N)CC1. The Balaban J connectivity index is 2.19. The van der Waals surface area contributed by atoms with Crippen LogP contribution in [-0.4, -0.2) is 49.1 Å². The predicted molar refractivity (Wildman–Crippen MR) is 57.9 cm³/mol. The van der Waals surface area contributed by atoms with Crippen molar-refractivity contribution in [1.82, 2.24) is 9.80 Å². The lowest BCUT2D eigenvalue weighted by Gasteiger charge is -2.34. The van der Waals surface area contributed by atoms with Crippen LogP contribution >= 0.6 is 0 Å². The van der Waals surface area contributed by atoms with E-state index in [1.54, 1.807) is 0 Å². The molecule has 0 aliphatic carbocycles. The van der Waals surface area contributed by atoms with Gasteiger partial charge in [-0.15, -0.1) is 0 Å². The monoisotopic (exact) mass is 195 g/mol. The van der Waals surface area contributed by atoms with Crippen LogP contribution in [0.25, 0.3) is 0 Å². The van der Waals surface area contributed by atoms with E-state index in [9.17, 15) is 0 Å². The predicted octanol–water partition coefficient (Wildman–Crippen LogP) is 1.17. The molecule has 1 atom stereocenters. The first-order valence-electron chi connectivity index (χ1n) is 5.58. The van der Waals surface area contributed by atoms with Gasteiger partial charge in [0.1, 0.15) is 0 Å². The molecule has 80 valence electrons. The Morgan fingerprint density at radius 3 is 2.29 bits per heavy atom. The van der Waals surface area contributed by atoms with Crippen molar-refractivity contribution in [3.63, 3.8) is 0 Å². The van der Waals surface area contributed by atoms with E-state index in [4.69, 9.17) is 5.26 Å². The van der Waals surface area contributed by atoms with E-state index in [0.29, 0.717) is 6.54 Å². The maximum atomic E-state index is 8.56. The Bertz CT molecular complexity index is 189. The highest BCUT2D eigenvalue weighted by atomic mass is 15.3. The van der Waals surface area contributed by atoms with E-state index in [0.717, 1.165) is 32.1 Å². The number of hydrogen-bond acceptors (Lipinski definition) is 3. The molecule has 1 fully saturated rings. The highest BCUT2D eigenvalue weighted by Gasteiger charge is 2.17. The van der Waals surface area contributed by atoms with E-state index in [-0.39, 0.29) is 0 Å². The molecule has 0 aromatic carbocycles. The topological polar surface area (TPSA) is 30.3 Å². The van der Waals surface area contributed by atoms with Gasteiger partial charge < -0.3 is 4.90 Å². The molecule has 1 saturated heterocycles. The molecule has 1 aliphatic rings. The summed E-state index contributed by atoms with van der Waals surface area (Å²) in [6, 6.07) is 2.21. The van der Waals surface area contributed by atoms with Gasteiger partial charge in [-0.2, -0.15) is 5.26 Å². The molecular formula is C11H21N3. The second kappa shape index (κ2) is 6.00. The van der Waals surface area contributed by atoms with Crippen molar-refractivity contribution in [2.45, 2.75) is 20.3 Å². The van der Waals surface area contributed by atoms with Gasteiger partial charge in [-0.1, -0.05) is 20.3 Å². The van der Waals surface area contributed by atoms with Crippen LogP contribution in [0.4, 0.5) is 0 Å². The summed E-state index contributed by atoms with van der Waals surface area (Å²) in [5.41, 5.74) is 0. The van der Waals surface area contributed by atoms with Gasteiger partial charge in [0.2, 0.25) is 0 Å². The molecule has 0 amide bonds. The smallest absolute Gasteiger partial charge is 0.0866 e. The lowest BCUT2D eigenvalue weighted by atomic mass is 10.1. The van der Waals surface area contributed by atoms with Gasteiger partial charge >= 0.3 is 0 Å². The number of rotatable bonds is 4. The molecule has 3 nitrogen and oxygen atoms in total. The van der Waals surface area contributed by atoms with E-state index >= 15 is 0 Å². The molecule has 1 aliphatic heterocycles. The van der Waals surface area contributed by atoms with Crippen LogP contribution in [0.5, 0.6) is 0 Å². The third kappa shape index (κ3) is 3.65. The molecule has 1 heterocycles. The zero-order valence-electron chi connectivity index (χ0n) is 9.37. The summed E-state index contributed by atoms with van der Waals surface area (Å²) in [5, 5.41) is 8.56. The molecule has 1 unspecified atom stereocenters. The fourth-order valence-electron chi connectivity index (χ4n) is 1.80. The molecule has 0 spiro atoms. The van der Waals surface area contributed by atoms with Crippen LogP contribution in [0, 0.1) is 17.2 Å². The van der Waals surface area contributed by atoms with E-state index in [1.165, 1.54) is 13.0 Å². The van der Waals surface area contributed by atoms with Crippen molar-refractivity contribution in [2.24, 2.45) is 5.92 Å². The number of nitrogens with zero attached hydrogens (tertiary/aromatic N) is 3. The number of piperazine rings is 1. The first-order chi connectivity index (χ1) is 6.76. The molecule has 0 radical (unpaired) electrons. The molecule has 0 aromatic rings. The van der Waals surface area contributed by atoms with Gasteiger partial charge in [0, 0.05) is 32.7 Å². The van der Waals surface area contributed by atoms with Crippen LogP contribution in [-0.2, 0) is 0 Å². The minimum atomic E-state index is 0.594. The molecule has 3 heteroatoms. The van der Waals surface area contributed by atoms with Crippen LogP contribution < -0.4 is 0 Å². The van der Waals surface area contributed by atoms with E-state index in [2.05, 4.69) is 29.7 Å². The van der Waals surface area contributed by atoms with Gasteiger partial charge in [0.05, 0.1) is 12.6 Å². The Hall–Kier alpha value is -0.590. The van der Waals surface area contributed by atoms with Gasteiger partial charge in [-0.3, -0.25) is 4.90 Å². The van der Waals surface area contributed by atoms with Gasteiger partial charge in [0.25, 0.3) is 0 Å². The zero-order valence-corrected chi connectivity index (χ0v) is 9.37. The van der Waals surface area contributed by atoms with E-state index < -0.39 is 0 Å². The van der Waals surface area contributed by atoms with Crippen molar-refractivity contribution in [2.75, 3.05) is 39.3 Å². The largest absolute Gasteiger partial charge is 0.301 e. The summed E-state index contributed by atoms with van der Waals surface area (Å²) in [5.74, 6) is 0.803. The van der Waals surface area contributed by atoms with Gasteiger partial charge in [-0.25, -0.2) is 0 Å². The highest BCUT2D eigenvalue weighted by molar-refractivity contribution is 4.81. The van der Waals surface area contributed by atoms with Crippen molar-refractivity contribution < 1.29 is 0 Å². The Morgan fingerprint density at radius 1 is 1.21 bits per heavy atom. The Labute approximate surface area is 87.3 Å². The van der Waals surface area contributed by atoms with Crippen molar-refractivity contribution in [1.29, 1.82) is 5.26 Å². The minimum Gasteiger partial charge on any atom is -0.301 e. The van der Waals surface area contributed by atoms with Crippen molar-refractivity contribution >= 4 is 0 Å². The molecular weight excluding hydrogens is 174 g/mol. The van der Waals surface area contributed by atoms with Crippen molar-refractivity contribution in [3.8, 4) is 6.07 Å². The summed E-state index contributed by atoms with van der Waals surface area (Å²) in [7, 11) is 0. The van der Waals surface area contributed by atoms with Crippen molar-refractivity contribution in [3.05, 3.63) is 0 Å². The zero-order chi connectivity index (χ0) is 10.4. The average Bonchev–Trinajstić information content (AvgIpc) is 2.21. The average molecular weight is 195 g/mol. The minimum absolute atomic E-state index is 0.594. The molecule has 1 rings (SSSR count). The van der Waals surface area contributed by atoms with Crippen LogP contribution in [0.15, 0.2) is 0 Å². The fourth-order valence-corrected chi connectivity index (χ4v) is 1.80. The molecule has 14 heavy (non-hydrogen) atoms. The third-order valence-electron chi connectivity index (χ3n) is 3.03. The normalized spacial score (nSPS) is 21.8. The Morgan fingerprint density at radius 2 is 1.79 bits per heavy atom. The second-order valence-electron chi connectivity index (χ2n) is 4.25. The number of hydrogen-bond donors (Lipinski definition) is 0. The first kappa shape index (κ1) is 11.5. The van der Waals surface area contributed by atoms with E-state index in [1.807, 2.05) is 0 Å². The van der Waals surface area contributed by atoms with Crippen LogP contribution in [0.2, 0.25) is 0 Å². The fraction of sp³-hybridized carbons (Fsp3) is 0.909. The van der Waals surface area contributed by atoms with Gasteiger partial charge in [0.15, 0.2) is 0 Å². The molecule has 0 bridgehead atoms. The summed E-state index contributed by atoms with van der Waals surface area (Å²) >= 11 is 0. The highest BCUT2D eigenvalue weighted by Crippen LogP contribution is 2.07. The summed E-state index contributed by atoms with van der Waals surface area (Å²) in [6.07, 6.45) is 1.26. The van der Waals surface area contributed by atoms with Gasteiger partial charge in [-0.05, 0) is 5.92 Å². The first-order valence-corrected chi connectivity index (χ1v) is 5.58. The quantitative estimate of drug-likeness (QED) is 0.631. The lowest BCUT2D eigenvalue weighted by Crippen LogP contribution is -2.47. The van der Waals surface area contributed by atoms with Crippen LogP contribution in [0.1, 0.15) is 20.3 Å². The molecule has 0 aromatic heterocycles. The lowest BCUT2D eigenvalue weighted by molar-refractivity contribution is 0.129. The summed E-state index contributed by atoms with van der Waals surface area (Å²) < 4.78 is 0. The number of nitriles is 1. The molecule has 0 N–H and O–H groups in total. The maximum absolute atomic E-state index is 8.56. The maximum Gasteiger partial charge on any atom is 0.0866 e. The molecule has 0 saturated carbocycles. The standard InChI is InChI=1S/C11H21N3/c1-3-11(2)10-14-8-6-13(5-4-12)7-9-14/h11H,3,5-10H2,1-2H3. The summed E-state index contributed by atoms with van der Waals surface area (Å²) in [6.45, 7) is 10.7. The third-order valence-corrected chi connectivity index (χ3v) is 3.03. The second-order valence-corrected chi connectivity index (χ2v) is 4.25. The van der Waals surface area contributed by atoms with Crippen LogP contribution in [0.3, 0.4) is 0 Å².